The quantitative estimate of drug-likeness (QED) is 0.671. The minimum atomic E-state index is -0.341. The molecule has 94 valence electrons. The number of hydrogen-bond donors (Lipinski definition) is 1. The summed E-state index contributed by atoms with van der Waals surface area (Å²) in [5.41, 5.74) is 7.08. The summed E-state index contributed by atoms with van der Waals surface area (Å²) in [5.74, 6) is -0.129. The van der Waals surface area contributed by atoms with Gasteiger partial charge in [-0.3, -0.25) is 4.98 Å². The van der Waals surface area contributed by atoms with Crippen molar-refractivity contribution in [3.8, 4) is 11.1 Å². The van der Waals surface area contributed by atoms with Gasteiger partial charge in [0.2, 0.25) is 0 Å². The zero-order valence-electron chi connectivity index (χ0n) is 9.77. The van der Waals surface area contributed by atoms with E-state index in [2.05, 4.69) is 32.6 Å². The van der Waals surface area contributed by atoms with E-state index >= 15 is 0 Å². The van der Waals surface area contributed by atoms with Gasteiger partial charge in [-0.2, -0.15) is 0 Å². The molecule has 1 aromatic carbocycles. The van der Waals surface area contributed by atoms with Crippen molar-refractivity contribution in [2.75, 3.05) is 5.73 Å². The molecule has 2 aromatic heterocycles. The first-order chi connectivity index (χ1) is 9.18. The zero-order chi connectivity index (χ0) is 13.4. The number of hydrogen-bond acceptors (Lipinski definition) is 3. The van der Waals surface area contributed by atoms with Crippen LogP contribution >= 0.6 is 22.6 Å². The van der Waals surface area contributed by atoms with Gasteiger partial charge in [-0.05, 0) is 40.3 Å². The first-order valence-corrected chi connectivity index (χ1v) is 6.69. The molecule has 0 aliphatic heterocycles. The summed E-state index contributed by atoms with van der Waals surface area (Å²) in [7, 11) is 0. The fourth-order valence-corrected chi connectivity index (χ4v) is 2.63. The predicted octanol–water partition coefficient (Wildman–Crippen LogP) is 3.62. The zero-order valence-corrected chi connectivity index (χ0v) is 11.9. The summed E-state index contributed by atoms with van der Waals surface area (Å²) in [6.07, 6.45) is 4.91. The summed E-state index contributed by atoms with van der Waals surface area (Å²) in [6, 6.07) is 7.16. The van der Waals surface area contributed by atoms with Gasteiger partial charge in [0.15, 0.2) is 0 Å². The van der Waals surface area contributed by atoms with Crippen LogP contribution in [0.2, 0.25) is 0 Å². The maximum atomic E-state index is 14.7. The molecular formula is C14H9FIN3. The van der Waals surface area contributed by atoms with E-state index in [0.717, 1.165) is 14.5 Å². The predicted molar refractivity (Wildman–Crippen MR) is 82.1 cm³/mol. The molecule has 19 heavy (non-hydrogen) atoms. The van der Waals surface area contributed by atoms with Crippen LogP contribution in [0.1, 0.15) is 0 Å². The number of anilines is 1. The lowest BCUT2D eigenvalue weighted by Gasteiger charge is -2.09. The molecular weight excluding hydrogens is 356 g/mol. The van der Waals surface area contributed by atoms with Crippen molar-refractivity contribution in [3.63, 3.8) is 0 Å². The Morgan fingerprint density at radius 3 is 2.58 bits per heavy atom. The molecule has 0 spiro atoms. The minimum absolute atomic E-state index is 0.212. The molecule has 0 bridgehead atoms. The van der Waals surface area contributed by atoms with Gasteiger partial charge in [-0.1, -0.05) is 12.1 Å². The Balaban J connectivity index is 2.36. The van der Waals surface area contributed by atoms with Gasteiger partial charge in [0.05, 0.1) is 5.39 Å². The Hall–Kier alpha value is -1.76. The van der Waals surface area contributed by atoms with Crippen molar-refractivity contribution in [1.29, 1.82) is 0 Å². The first-order valence-electron chi connectivity index (χ1n) is 5.61. The number of aromatic nitrogens is 2. The number of rotatable bonds is 1. The lowest BCUT2D eigenvalue weighted by molar-refractivity contribution is 0.643. The number of pyridine rings is 2. The topological polar surface area (TPSA) is 51.8 Å². The maximum absolute atomic E-state index is 14.7. The van der Waals surface area contributed by atoms with E-state index in [1.165, 1.54) is 0 Å². The Bertz CT molecular complexity index is 759. The first kappa shape index (κ1) is 12.3. The van der Waals surface area contributed by atoms with Crippen molar-refractivity contribution in [1.82, 2.24) is 9.97 Å². The molecule has 3 nitrogen and oxygen atoms in total. The number of nitrogens with two attached hydrogens (primary N) is 1. The number of fused-ring (bicyclic) bond motifs is 1. The van der Waals surface area contributed by atoms with E-state index in [-0.39, 0.29) is 11.6 Å². The van der Waals surface area contributed by atoms with Crippen molar-refractivity contribution >= 4 is 39.2 Å². The smallest absolute Gasteiger partial charge is 0.142 e. The summed E-state index contributed by atoms with van der Waals surface area (Å²) in [4.78, 5) is 7.95. The third kappa shape index (κ3) is 2.03. The summed E-state index contributed by atoms with van der Waals surface area (Å²) >= 11 is 2.12. The number of nitrogen functional groups attached to an aromatic ring is 1. The molecule has 2 heterocycles. The van der Waals surface area contributed by atoms with Crippen LogP contribution in [0.25, 0.3) is 21.9 Å². The Morgan fingerprint density at radius 2 is 1.84 bits per heavy atom. The van der Waals surface area contributed by atoms with Crippen LogP contribution in [0, 0.1) is 9.39 Å². The fraction of sp³-hybridized carbons (Fsp3) is 0. The van der Waals surface area contributed by atoms with Gasteiger partial charge in [0, 0.05) is 33.1 Å². The van der Waals surface area contributed by atoms with Crippen LogP contribution < -0.4 is 5.73 Å². The third-order valence-electron chi connectivity index (χ3n) is 2.96. The molecule has 0 radical (unpaired) electrons. The molecule has 0 atom stereocenters. The number of benzene rings is 1. The van der Waals surface area contributed by atoms with Crippen LogP contribution in [0.5, 0.6) is 0 Å². The molecule has 0 aliphatic carbocycles. The monoisotopic (exact) mass is 365 g/mol. The van der Waals surface area contributed by atoms with Gasteiger partial charge in [-0.25, -0.2) is 9.37 Å². The molecule has 0 aliphatic rings. The SMILES string of the molecule is Nc1ncc(I)c2ccc(-c3ccncc3)c(F)c12. The third-order valence-corrected chi connectivity index (χ3v) is 3.82. The average Bonchev–Trinajstić information content (AvgIpc) is 2.44. The van der Waals surface area contributed by atoms with Crippen LogP contribution in [-0.4, -0.2) is 9.97 Å². The highest BCUT2D eigenvalue weighted by Gasteiger charge is 2.14. The summed E-state index contributed by atoms with van der Waals surface area (Å²) < 4.78 is 15.5. The van der Waals surface area contributed by atoms with E-state index in [0.29, 0.717) is 10.9 Å². The van der Waals surface area contributed by atoms with Gasteiger partial charge >= 0.3 is 0 Å². The van der Waals surface area contributed by atoms with Crippen LogP contribution in [0.15, 0.2) is 42.9 Å². The lowest BCUT2D eigenvalue weighted by atomic mass is 10.0. The fourth-order valence-electron chi connectivity index (χ4n) is 2.04. The standard InChI is InChI=1S/C14H9FIN3/c15-13-9(8-3-5-18-6-4-8)1-2-10-11(16)7-19-14(17)12(10)13/h1-7H,(H2,17,19). The second-order valence-corrected chi connectivity index (χ2v) is 5.24. The van der Waals surface area contributed by atoms with E-state index in [1.807, 2.05) is 6.07 Å². The van der Waals surface area contributed by atoms with Crippen LogP contribution in [0.4, 0.5) is 10.2 Å². The number of nitrogens with zero attached hydrogens (tertiary/aromatic N) is 2. The van der Waals surface area contributed by atoms with Gasteiger partial charge in [0.1, 0.15) is 11.6 Å². The van der Waals surface area contributed by atoms with Crippen molar-refractivity contribution in [2.45, 2.75) is 0 Å². The van der Waals surface area contributed by atoms with Crippen LogP contribution in [-0.2, 0) is 0 Å². The molecule has 0 saturated carbocycles. The van der Waals surface area contributed by atoms with Crippen molar-refractivity contribution in [3.05, 3.63) is 52.2 Å². The molecule has 0 unspecified atom stereocenters. The summed E-state index contributed by atoms with van der Waals surface area (Å²) in [6.45, 7) is 0. The largest absolute Gasteiger partial charge is 0.383 e. The highest BCUT2D eigenvalue weighted by molar-refractivity contribution is 14.1. The normalized spacial score (nSPS) is 10.8. The molecule has 0 fully saturated rings. The summed E-state index contributed by atoms with van der Waals surface area (Å²) in [5, 5.41) is 1.16. The maximum Gasteiger partial charge on any atom is 0.142 e. The van der Waals surface area contributed by atoms with Crippen molar-refractivity contribution < 1.29 is 4.39 Å². The minimum Gasteiger partial charge on any atom is -0.383 e. The Labute approximate surface area is 122 Å². The molecule has 3 rings (SSSR count). The van der Waals surface area contributed by atoms with Crippen LogP contribution in [0.3, 0.4) is 0 Å². The molecule has 0 saturated heterocycles. The second-order valence-electron chi connectivity index (χ2n) is 4.08. The van der Waals surface area contributed by atoms with E-state index in [4.69, 9.17) is 5.73 Å². The second kappa shape index (κ2) is 4.73. The lowest BCUT2D eigenvalue weighted by Crippen LogP contribution is -1.97. The molecule has 5 heteroatoms. The Kier molecular flexibility index (Phi) is 3.06. The van der Waals surface area contributed by atoms with E-state index < -0.39 is 0 Å². The van der Waals surface area contributed by atoms with E-state index in [1.54, 1.807) is 36.8 Å². The van der Waals surface area contributed by atoms with E-state index in [9.17, 15) is 4.39 Å². The van der Waals surface area contributed by atoms with Crippen molar-refractivity contribution in [2.24, 2.45) is 0 Å². The number of halogens is 2. The highest BCUT2D eigenvalue weighted by atomic mass is 127. The molecule has 3 aromatic rings. The Morgan fingerprint density at radius 1 is 1.11 bits per heavy atom. The van der Waals surface area contributed by atoms with Gasteiger partial charge in [-0.15, -0.1) is 0 Å². The molecule has 0 amide bonds. The van der Waals surface area contributed by atoms with Gasteiger partial charge in [0.25, 0.3) is 0 Å². The average molecular weight is 365 g/mol. The van der Waals surface area contributed by atoms with Gasteiger partial charge < -0.3 is 5.73 Å². The molecule has 2 N–H and O–H groups in total. The highest BCUT2D eigenvalue weighted by Crippen LogP contribution is 2.32.